The van der Waals surface area contributed by atoms with Crippen LogP contribution in [-0.4, -0.2) is 57.1 Å². The molecule has 2 fully saturated rings. The Kier molecular flexibility index (Phi) is 10.1. The van der Waals surface area contributed by atoms with Gasteiger partial charge < -0.3 is 20.1 Å². The Morgan fingerprint density at radius 2 is 1.61 bits per heavy atom. The van der Waals surface area contributed by atoms with Gasteiger partial charge in [0.2, 0.25) is 15.9 Å². The van der Waals surface area contributed by atoms with Gasteiger partial charge >= 0.3 is 0 Å². The molecule has 3 aromatic rings. The number of nitrogens with two attached hydrogens (primary N) is 1. The molecule has 1 aliphatic carbocycles. The zero-order chi connectivity index (χ0) is 31.3. The second kappa shape index (κ2) is 13.8. The summed E-state index contributed by atoms with van der Waals surface area (Å²) < 4.78 is 73.4. The van der Waals surface area contributed by atoms with Crippen LogP contribution in [-0.2, 0) is 20.7 Å². The van der Waals surface area contributed by atoms with Crippen LogP contribution in [0.2, 0.25) is 0 Å². The average Bonchev–Trinajstić information content (AvgIpc) is 3.53. The normalized spacial score (nSPS) is 17.6. The number of carbonyl (C=O) groups excluding carboxylic acids is 1. The molecule has 5 rings (SSSR count). The van der Waals surface area contributed by atoms with E-state index in [9.17, 15) is 13.2 Å². The lowest BCUT2D eigenvalue weighted by Crippen LogP contribution is -2.57. The predicted molar refractivity (Wildman–Crippen MR) is 165 cm³/mol. The third-order valence-electron chi connectivity index (χ3n) is 8.44. The molecule has 0 bridgehead atoms. The van der Waals surface area contributed by atoms with Crippen LogP contribution >= 0.6 is 0 Å². The number of alkyl halides is 2. The summed E-state index contributed by atoms with van der Waals surface area (Å²) in [5.41, 5.74) is 5.47. The number of likely N-dealkylation sites (tertiary alicyclic amines) is 1. The molecule has 0 spiro atoms. The first kappa shape index (κ1) is 32.1. The lowest BCUT2D eigenvalue weighted by Gasteiger charge is -2.35. The van der Waals surface area contributed by atoms with Gasteiger partial charge in [-0.15, -0.1) is 0 Å². The number of rotatable bonds is 12. The fraction of sp³-hybridized carbons (Fsp3) is 0.485. The van der Waals surface area contributed by atoms with Gasteiger partial charge in [0.25, 0.3) is 5.92 Å². The third-order valence-corrected chi connectivity index (χ3v) is 9.86. The van der Waals surface area contributed by atoms with Crippen LogP contribution in [0.3, 0.4) is 0 Å². The lowest BCUT2D eigenvalue weighted by molar-refractivity contribution is -0.145. The maximum Gasteiger partial charge on any atom is 0.298 e. The largest absolute Gasteiger partial charge is 0.494 e. The highest BCUT2D eigenvalue weighted by molar-refractivity contribution is 7.89. The number of piperidine rings is 1. The smallest absolute Gasteiger partial charge is 0.298 e. The quantitative estimate of drug-likeness (QED) is 0.248. The Bertz CT molecular complexity index is 1540. The zero-order valence-corrected chi connectivity index (χ0v) is 25.8. The molecule has 44 heavy (non-hydrogen) atoms. The summed E-state index contributed by atoms with van der Waals surface area (Å²) in [4.78, 5) is 14.7. The number of sulfonamides is 1. The summed E-state index contributed by atoms with van der Waals surface area (Å²) >= 11 is 0. The van der Waals surface area contributed by atoms with E-state index in [1.165, 1.54) is 41.3 Å². The molecule has 1 saturated heterocycles. The van der Waals surface area contributed by atoms with Gasteiger partial charge in [0.15, 0.2) is 6.04 Å². The van der Waals surface area contributed by atoms with Crippen molar-refractivity contribution in [3.63, 3.8) is 0 Å². The minimum absolute atomic E-state index is 0.142. The number of unbranched alkanes of at least 4 members (excludes halogenated alkanes) is 1. The molecule has 0 unspecified atom stereocenters. The summed E-state index contributed by atoms with van der Waals surface area (Å²) in [5, 5.41) is 1.35. The molecule has 0 aromatic heterocycles. The molecule has 1 aliphatic heterocycles. The molecule has 0 radical (unpaired) electrons. The van der Waals surface area contributed by atoms with Crippen LogP contribution in [0.1, 0.15) is 63.9 Å². The minimum Gasteiger partial charge on any atom is -0.494 e. The Hall–Kier alpha value is -3.28. The summed E-state index contributed by atoms with van der Waals surface area (Å²) in [7, 11) is -4.55. The predicted octanol–water partition coefficient (Wildman–Crippen LogP) is 5.73. The van der Waals surface area contributed by atoms with Gasteiger partial charge in [0.05, 0.1) is 17.6 Å². The molecule has 3 N–H and O–H groups in total. The average molecular weight is 630 g/mol. The molecule has 3 aromatic carbocycles. The molecule has 8 nitrogen and oxygen atoms in total. The Labute approximate surface area is 257 Å². The zero-order valence-electron chi connectivity index (χ0n) is 25.0. The van der Waals surface area contributed by atoms with Crippen molar-refractivity contribution in [3.8, 4) is 11.5 Å². The summed E-state index contributed by atoms with van der Waals surface area (Å²) in [6.07, 6.45) is 7.09. The number of halogens is 2. The molecule has 2 aliphatic rings. The van der Waals surface area contributed by atoms with E-state index in [0.29, 0.717) is 36.3 Å². The second-order valence-electron chi connectivity index (χ2n) is 11.8. The number of nitrogens with zero attached hydrogens (tertiary/aromatic N) is 1. The van der Waals surface area contributed by atoms with Gasteiger partial charge in [-0.1, -0.05) is 25.5 Å². The first-order chi connectivity index (χ1) is 21.1. The van der Waals surface area contributed by atoms with E-state index in [-0.39, 0.29) is 30.1 Å². The molecule has 11 heteroatoms. The van der Waals surface area contributed by atoms with Gasteiger partial charge in [-0.05, 0) is 104 Å². The lowest BCUT2D eigenvalue weighted by atomic mass is 9.98. The third kappa shape index (κ3) is 7.50. The number of ether oxygens (including phenoxy) is 2. The summed E-state index contributed by atoms with van der Waals surface area (Å²) in [5.74, 6) is -3.75. The van der Waals surface area contributed by atoms with E-state index in [4.69, 9.17) is 15.2 Å². The monoisotopic (exact) mass is 629 g/mol. The van der Waals surface area contributed by atoms with E-state index in [0.717, 1.165) is 43.9 Å². The van der Waals surface area contributed by atoms with Crippen molar-refractivity contribution in [1.29, 1.82) is 0 Å². The highest BCUT2D eigenvalue weighted by Gasteiger charge is 2.50. The highest BCUT2D eigenvalue weighted by Crippen LogP contribution is 2.36. The van der Waals surface area contributed by atoms with Crippen LogP contribution in [0, 0.1) is 0 Å². The van der Waals surface area contributed by atoms with Crippen LogP contribution < -0.4 is 19.9 Å². The number of nitrogens with one attached hydrogen (secondary N) is 1. The molecule has 1 amide bonds. The van der Waals surface area contributed by atoms with Crippen molar-refractivity contribution in [2.45, 2.75) is 87.3 Å². The molecule has 1 saturated carbocycles. The van der Waals surface area contributed by atoms with E-state index in [1.807, 2.05) is 13.0 Å². The number of amides is 1. The van der Waals surface area contributed by atoms with Gasteiger partial charge in [-0.2, -0.15) is 13.5 Å². The number of benzene rings is 3. The fourth-order valence-electron chi connectivity index (χ4n) is 5.72. The standard InChI is InChI=1S/C33H41F2N3O5S/c1-2-3-20-42-27-13-10-25(11-14-27)33(34,35)31(32(39)38-18-16-26(36)17-19-38)37-44(40,41)30-15-9-23-21-29(12-8-24(23)22-30)43-28-6-4-5-7-28/h8-15,21-22,26,28,31,37H,2-7,16-20,36H2,1H3/t31-/m0/s1. The highest BCUT2D eigenvalue weighted by atomic mass is 32.2. The number of hydrogen-bond donors (Lipinski definition) is 2. The van der Waals surface area contributed by atoms with Crippen LogP contribution in [0.25, 0.3) is 10.8 Å². The number of hydrogen-bond acceptors (Lipinski definition) is 6. The van der Waals surface area contributed by atoms with Crippen molar-refractivity contribution in [3.05, 3.63) is 66.2 Å². The Balaban J connectivity index is 1.41. The van der Waals surface area contributed by atoms with Crippen molar-refractivity contribution in [2.24, 2.45) is 5.73 Å². The van der Waals surface area contributed by atoms with Gasteiger partial charge in [0.1, 0.15) is 11.5 Å². The van der Waals surface area contributed by atoms with Crippen LogP contribution in [0.5, 0.6) is 11.5 Å². The van der Waals surface area contributed by atoms with Crippen molar-refractivity contribution < 1.29 is 31.5 Å². The van der Waals surface area contributed by atoms with Gasteiger partial charge in [-0.25, -0.2) is 8.42 Å². The van der Waals surface area contributed by atoms with Crippen molar-refractivity contribution in [1.82, 2.24) is 9.62 Å². The van der Waals surface area contributed by atoms with E-state index >= 15 is 8.78 Å². The number of fused-ring (bicyclic) bond motifs is 1. The molecule has 238 valence electrons. The maximum absolute atomic E-state index is 16.2. The Morgan fingerprint density at radius 1 is 0.977 bits per heavy atom. The fourth-order valence-corrected chi connectivity index (χ4v) is 6.95. The maximum atomic E-state index is 16.2. The summed E-state index contributed by atoms with van der Waals surface area (Å²) in [6, 6.07) is 12.4. The first-order valence-corrected chi connectivity index (χ1v) is 16.9. The van der Waals surface area contributed by atoms with Crippen LogP contribution in [0.15, 0.2) is 65.6 Å². The van der Waals surface area contributed by atoms with Crippen LogP contribution in [0.4, 0.5) is 8.78 Å². The minimum atomic E-state index is -4.55. The van der Waals surface area contributed by atoms with Crippen molar-refractivity contribution >= 4 is 26.7 Å². The van der Waals surface area contributed by atoms with E-state index < -0.39 is 33.5 Å². The molecular weight excluding hydrogens is 588 g/mol. The topological polar surface area (TPSA) is 111 Å². The molecule has 1 heterocycles. The second-order valence-corrected chi connectivity index (χ2v) is 13.5. The van der Waals surface area contributed by atoms with Crippen molar-refractivity contribution in [2.75, 3.05) is 19.7 Å². The Morgan fingerprint density at radius 3 is 2.30 bits per heavy atom. The van der Waals surface area contributed by atoms with Gasteiger partial charge in [-0.3, -0.25) is 4.79 Å². The number of carbonyl (C=O) groups is 1. The molecular formula is C33H41F2N3O5S. The van der Waals surface area contributed by atoms with Gasteiger partial charge in [0, 0.05) is 24.7 Å². The SMILES string of the molecule is CCCCOc1ccc(C(F)(F)[C@@H](NS(=O)(=O)c2ccc3cc(OC4CCCC4)ccc3c2)C(=O)N2CCC(N)CC2)cc1. The molecule has 1 atom stereocenters. The first-order valence-electron chi connectivity index (χ1n) is 15.4. The summed E-state index contributed by atoms with van der Waals surface area (Å²) in [6.45, 7) is 2.80. The van der Waals surface area contributed by atoms with E-state index in [1.54, 1.807) is 18.2 Å². The van der Waals surface area contributed by atoms with E-state index in [2.05, 4.69) is 4.72 Å².